The number of hydrogen-bond donors (Lipinski definition) is 1. The molecule has 2 aromatic rings. The number of hydrogen-bond acceptors (Lipinski definition) is 5. The molecule has 0 bridgehead atoms. The number of morpholine rings is 1. The number of nitrogens with zero attached hydrogens (tertiary/aromatic N) is 2. The summed E-state index contributed by atoms with van der Waals surface area (Å²) in [5.41, 5.74) is 2.35. The summed E-state index contributed by atoms with van der Waals surface area (Å²) in [7, 11) is 1.60. The van der Waals surface area contributed by atoms with Crippen LogP contribution in [0.3, 0.4) is 0 Å². The standard InChI is InChI=1S/C19H23N3O4/c1-12-4-5-15(25-3)14(8-12)10-18(24)22-6-7-26-16(11-22)19-20-13(2)9-17(23)21-19/h4-5,8-9,16H,6-7,10-11H2,1-3H3,(H,20,21,23)/t16-/m1/s1. The molecule has 1 aliphatic heterocycles. The molecule has 7 heteroatoms. The quantitative estimate of drug-likeness (QED) is 0.897. The molecule has 26 heavy (non-hydrogen) atoms. The van der Waals surface area contributed by atoms with Gasteiger partial charge in [0.15, 0.2) is 0 Å². The molecule has 138 valence electrons. The number of carbonyl (C=O) groups is 1. The first-order valence-electron chi connectivity index (χ1n) is 8.57. The van der Waals surface area contributed by atoms with Gasteiger partial charge in [-0.05, 0) is 19.9 Å². The molecule has 1 aromatic carbocycles. The van der Waals surface area contributed by atoms with E-state index >= 15 is 0 Å². The Morgan fingerprint density at radius 2 is 2.19 bits per heavy atom. The van der Waals surface area contributed by atoms with Crippen molar-refractivity contribution in [3.63, 3.8) is 0 Å². The Labute approximate surface area is 152 Å². The molecule has 0 unspecified atom stereocenters. The first-order valence-corrected chi connectivity index (χ1v) is 8.57. The minimum atomic E-state index is -0.431. The summed E-state index contributed by atoms with van der Waals surface area (Å²) < 4.78 is 11.1. The van der Waals surface area contributed by atoms with Crippen LogP contribution in [0, 0.1) is 13.8 Å². The van der Waals surface area contributed by atoms with Crippen molar-refractivity contribution < 1.29 is 14.3 Å². The van der Waals surface area contributed by atoms with Gasteiger partial charge in [-0.1, -0.05) is 17.7 Å². The lowest BCUT2D eigenvalue weighted by atomic mass is 10.1. The van der Waals surface area contributed by atoms with E-state index in [1.807, 2.05) is 25.1 Å². The second-order valence-corrected chi connectivity index (χ2v) is 6.46. The zero-order valence-electron chi connectivity index (χ0n) is 15.2. The predicted molar refractivity (Wildman–Crippen MR) is 96.3 cm³/mol. The lowest BCUT2D eigenvalue weighted by Crippen LogP contribution is -2.43. The largest absolute Gasteiger partial charge is 0.496 e. The van der Waals surface area contributed by atoms with Crippen molar-refractivity contribution in [3.05, 3.63) is 57.3 Å². The smallest absolute Gasteiger partial charge is 0.251 e. The van der Waals surface area contributed by atoms with Gasteiger partial charge in [-0.25, -0.2) is 4.98 Å². The van der Waals surface area contributed by atoms with Crippen LogP contribution in [-0.4, -0.2) is 47.6 Å². The number of benzene rings is 1. The summed E-state index contributed by atoms with van der Waals surface area (Å²) in [6.07, 6.45) is -0.172. The first kappa shape index (κ1) is 18.1. The number of aryl methyl sites for hydroxylation is 2. The lowest BCUT2D eigenvalue weighted by Gasteiger charge is -2.32. The molecular formula is C19H23N3O4. The third-order valence-electron chi connectivity index (χ3n) is 4.39. The SMILES string of the molecule is COc1ccc(C)cc1CC(=O)N1CCO[C@@H](c2nc(C)cc(=O)[nH]2)C1. The second kappa shape index (κ2) is 7.70. The van der Waals surface area contributed by atoms with Crippen molar-refractivity contribution in [3.8, 4) is 5.75 Å². The minimum Gasteiger partial charge on any atom is -0.496 e. The molecular weight excluding hydrogens is 334 g/mol. The van der Waals surface area contributed by atoms with Crippen LogP contribution in [-0.2, 0) is 16.0 Å². The zero-order chi connectivity index (χ0) is 18.7. The van der Waals surface area contributed by atoms with Gasteiger partial charge in [0.05, 0.1) is 26.7 Å². The maximum atomic E-state index is 12.8. The molecule has 1 aromatic heterocycles. The number of methoxy groups -OCH3 is 1. The highest BCUT2D eigenvalue weighted by atomic mass is 16.5. The number of rotatable bonds is 4. The topological polar surface area (TPSA) is 84.5 Å². The molecule has 1 aliphatic rings. The summed E-state index contributed by atoms with van der Waals surface area (Å²) in [5, 5.41) is 0. The molecule has 0 aliphatic carbocycles. The molecule has 0 radical (unpaired) electrons. The van der Waals surface area contributed by atoms with Crippen LogP contribution in [0.4, 0.5) is 0 Å². The van der Waals surface area contributed by atoms with Crippen LogP contribution in [0.2, 0.25) is 0 Å². The zero-order valence-corrected chi connectivity index (χ0v) is 15.2. The van der Waals surface area contributed by atoms with Crippen molar-refractivity contribution in [2.75, 3.05) is 26.8 Å². The molecule has 0 saturated carbocycles. The monoisotopic (exact) mass is 357 g/mol. The van der Waals surface area contributed by atoms with Crippen molar-refractivity contribution in [2.24, 2.45) is 0 Å². The molecule has 1 amide bonds. The number of nitrogens with one attached hydrogen (secondary N) is 1. The Kier molecular flexibility index (Phi) is 5.37. The molecule has 7 nitrogen and oxygen atoms in total. The fourth-order valence-electron chi connectivity index (χ4n) is 3.12. The highest BCUT2D eigenvalue weighted by Gasteiger charge is 2.27. The molecule has 1 N–H and O–H groups in total. The fraction of sp³-hybridized carbons (Fsp3) is 0.421. The van der Waals surface area contributed by atoms with Gasteiger partial charge in [-0.3, -0.25) is 9.59 Å². The van der Waals surface area contributed by atoms with Crippen LogP contribution in [0.1, 0.15) is 28.7 Å². The van der Waals surface area contributed by atoms with E-state index in [1.165, 1.54) is 6.07 Å². The maximum absolute atomic E-state index is 12.8. The van der Waals surface area contributed by atoms with Gasteiger partial charge in [0.2, 0.25) is 5.91 Å². The van der Waals surface area contributed by atoms with Gasteiger partial charge in [0, 0.05) is 23.9 Å². The van der Waals surface area contributed by atoms with E-state index in [1.54, 1.807) is 18.9 Å². The summed E-state index contributed by atoms with van der Waals surface area (Å²) >= 11 is 0. The van der Waals surface area contributed by atoms with Gasteiger partial charge in [0.25, 0.3) is 5.56 Å². The summed E-state index contributed by atoms with van der Waals surface area (Å²) in [6, 6.07) is 7.23. The van der Waals surface area contributed by atoms with Crippen molar-refractivity contribution in [1.82, 2.24) is 14.9 Å². The lowest BCUT2D eigenvalue weighted by molar-refractivity contribution is -0.138. The maximum Gasteiger partial charge on any atom is 0.251 e. The Hall–Kier alpha value is -2.67. The van der Waals surface area contributed by atoms with E-state index in [0.29, 0.717) is 37.0 Å². The Morgan fingerprint density at radius 3 is 2.92 bits per heavy atom. The van der Waals surface area contributed by atoms with Gasteiger partial charge in [0.1, 0.15) is 17.7 Å². The normalized spacial score (nSPS) is 17.2. The van der Waals surface area contributed by atoms with Gasteiger partial charge in [-0.2, -0.15) is 0 Å². The van der Waals surface area contributed by atoms with E-state index in [0.717, 1.165) is 11.1 Å². The third kappa shape index (κ3) is 4.11. The van der Waals surface area contributed by atoms with Gasteiger partial charge < -0.3 is 19.4 Å². The van der Waals surface area contributed by atoms with E-state index in [2.05, 4.69) is 9.97 Å². The Morgan fingerprint density at radius 1 is 1.38 bits per heavy atom. The van der Waals surface area contributed by atoms with Crippen LogP contribution in [0.15, 0.2) is 29.1 Å². The average molecular weight is 357 g/mol. The summed E-state index contributed by atoms with van der Waals surface area (Å²) in [4.78, 5) is 33.2. The third-order valence-corrected chi connectivity index (χ3v) is 4.39. The highest BCUT2D eigenvalue weighted by Crippen LogP contribution is 2.23. The van der Waals surface area contributed by atoms with Crippen LogP contribution in [0.5, 0.6) is 5.75 Å². The number of amides is 1. The van der Waals surface area contributed by atoms with Crippen molar-refractivity contribution in [1.29, 1.82) is 0 Å². The molecule has 0 spiro atoms. The molecule has 1 fully saturated rings. The number of ether oxygens (including phenoxy) is 2. The molecule has 1 atom stereocenters. The van der Waals surface area contributed by atoms with Crippen molar-refractivity contribution >= 4 is 5.91 Å². The highest BCUT2D eigenvalue weighted by molar-refractivity contribution is 5.79. The van der Waals surface area contributed by atoms with Crippen molar-refractivity contribution in [2.45, 2.75) is 26.4 Å². The fourth-order valence-corrected chi connectivity index (χ4v) is 3.12. The Balaban J connectivity index is 1.74. The van der Waals surface area contributed by atoms with E-state index in [-0.39, 0.29) is 17.9 Å². The number of aromatic nitrogens is 2. The average Bonchev–Trinajstić information content (AvgIpc) is 2.61. The summed E-state index contributed by atoms with van der Waals surface area (Å²) in [5.74, 6) is 1.16. The van der Waals surface area contributed by atoms with Crippen LogP contribution >= 0.6 is 0 Å². The van der Waals surface area contributed by atoms with E-state index in [9.17, 15) is 9.59 Å². The molecule has 2 heterocycles. The molecule has 3 rings (SSSR count). The van der Waals surface area contributed by atoms with Gasteiger partial charge in [-0.15, -0.1) is 0 Å². The van der Waals surface area contributed by atoms with Crippen LogP contribution in [0.25, 0.3) is 0 Å². The predicted octanol–water partition coefficient (Wildman–Crippen LogP) is 1.54. The summed E-state index contributed by atoms with van der Waals surface area (Å²) in [6.45, 7) is 5.02. The van der Waals surface area contributed by atoms with Gasteiger partial charge >= 0.3 is 0 Å². The minimum absolute atomic E-state index is 0.00259. The second-order valence-electron chi connectivity index (χ2n) is 6.46. The van der Waals surface area contributed by atoms with Crippen LogP contribution < -0.4 is 10.3 Å². The van der Waals surface area contributed by atoms with E-state index < -0.39 is 6.10 Å². The molecule has 1 saturated heterocycles. The Bertz CT molecular complexity index is 862. The first-order chi connectivity index (χ1) is 12.5. The number of H-pyrrole nitrogens is 1. The number of carbonyl (C=O) groups excluding carboxylic acids is 1. The van der Waals surface area contributed by atoms with E-state index in [4.69, 9.17) is 9.47 Å². The number of aromatic amines is 1.